The number of ether oxygens (including phenoxy) is 1. The SMILES string of the molecule is CC(=O)N1CCC[C@@H]1c1nc2ccccc2n1CCCOc1ccc(C)c(C)c1. The number of carbonyl (C=O) groups excluding carboxylic acids is 1. The van der Waals surface area contributed by atoms with Gasteiger partial charge in [0.05, 0.1) is 23.7 Å². The van der Waals surface area contributed by atoms with Crippen molar-refractivity contribution in [2.45, 2.75) is 52.6 Å². The second kappa shape index (κ2) is 8.27. The number of likely N-dealkylation sites (tertiary alicyclic amines) is 1. The van der Waals surface area contributed by atoms with Crippen LogP contribution in [0.4, 0.5) is 0 Å². The quantitative estimate of drug-likeness (QED) is 0.567. The van der Waals surface area contributed by atoms with E-state index in [4.69, 9.17) is 9.72 Å². The zero-order valence-corrected chi connectivity index (χ0v) is 17.5. The first-order chi connectivity index (χ1) is 14.0. The van der Waals surface area contributed by atoms with Crippen molar-refractivity contribution < 1.29 is 9.53 Å². The van der Waals surface area contributed by atoms with Crippen molar-refractivity contribution in [1.29, 1.82) is 0 Å². The first kappa shape index (κ1) is 19.5. The van der Waals surface area contributed by atoms with Crippen molar-refractivity contribution in [2.75, 3.05) is 13.2 Å². The van der Waals surface area contributed by atoms with E-state index in [0.29, 0.717) is 6.61 Å². The van der Waals surface area contributed by atoms with Crippen molar-refractivity contribution >= 4 is 16.9 Å². The molecule has 0 radical (unpaired) electrons. The molecule has 0 spiro atoms. The van der Waals surface area contributed by atoms with Gasteiger partial charge in [0.25, 0.3) is 0 Å². The number of fused-ring (bicyclic) bond motifs is 1. The molecule has 1 aromatic heterocycles. The number of hydrogen-bond acceptors (Lipinski definition) is 3. The van der Waals surface area contributed by atoms with Gasteiger partial charge in [0.1, 0.15) is 11.6 Å². The number of carbonyl (C=O) groups is 1. The Balaban J connectivity index is 1.51. The molecule has 0 aliphatic carbocycles. The Morgan fingerprint density at radius 3 is 2.79 bits per heavy atom. The Labute approximate surface area is 172 Å². The smallest absolute Gasteiger partial charge is 0.220 e. The number of nitrogens with zero attached hydrogens (tertiary/aromatic N) is 3. The molecule has 1 aliphatic heterocycles. The molecular weight excluding hydrogens is 362 g/mol. The highest BCUT2D eigenvalue weighted by Crippen LogP contribution is 2.33. The Morgan fingerprint density at radius 2 is 2.00 bits per heavy atom. The Bertz CT molecular complexity index is 1020. The third kappa shape index (κ3) is 4.00. The summed E-state index contributed by atoms with van der Waals surface area (Å²) in [6.07, 6.45) is 2.89. The second-order valence-electron chi connectivity index (χ2n) is 7.93. The minimum absolute atomic E-state index is 0.0700. The fourth-order valence-corrected chi connectivity index (χ4v) is 4.21. The molecule has 5 heteroatoms. The van der Waals surface area contributed by atoms with Gasteiger partial charge in [0, 0.05) is 20.0 Å². The summed E-state index contributed by atoms with van der Waals surface area (Å²) in [6, 6.07) is 14.5. The molecule has 1 amide bonds. The van der Waals surface area contributed by atoms with Crippen LogP contribution < -0.4 is 4.74 Å². The van der Waals surface area contributed by atoms with E-state index < -0.39 is 0 Å². The van der Waals surface area contributed by atoms with E-state index in [1.165, 1.54) is 11.1 Å². The summed E-state index contributed by atoms with van der Waals surface area (Å²) in [4.78, 5) is 19.0. The van der Waals surface area contributed by atoms with Gasteiger partial charge in [-0.15, -0.1) is 0 Å². The number of imidazole rings is 1. The van der Waals surface area contributed by atoms with Crippen molar-refractivity contribution in [2.24, 2.45) is 0 Å². The summed E-state index contributed by atoms with van der Waals surface area (Å²) < 4.78 is 8.26. The van der Waals surface area contributed by atoms with E-state index in [1.807, 2.05) is 29.2 Å². The number of rotatable bonds is 6. The summed E-state index contributed by atoms with van der Waals surface area (Å²) in [5.41, 5.74) is 4.64. The van der Waals surface area contributed by atoms with E-state index in [0.717, 1.165) is 55.0 Å². The molecule has 2 aromatic carbocycles. The van der Waals surface area contributed by atoms with E-state index in [-0.39, 0.29) is 11.9 Å². The normalized spacial score (nSPS) is 16.5. The van der Waals surface area contributed by atoms with Crippen molar-refractivity contribution in [1.82, 2.24) is 14.5 Å². The van der Waals surface area contributed by atoms with Gasteiger partial charge < -0.3 is 14.2 Å². The molecule has 5 nitrogen and oxygen atoms in total. The standard InChI is InChI=1S/C24H29N3O2/c1-17-11-12-20(16-18(17)2)29-15-7-14-27-22-9-5-4-8-21(22)25-24(27)23-10-6-13-26(23)19(3)28/h4-5,8-9,11-12,16,23H,6-7,10,13-15H2,1-3H3/t23-/m1/s1. The van der Waals surface area contributed by atoms with Crippen LogP contribution in [-0.2, 0) is 11.3 Å². The highest BCUT2D eigenvalue weighted by Gasteiger charge is 2.32. The number of para-hydroxylation sites is 2. The lowest BCUT2D eigenvalue weighted by molar-refractivity contribution is -0.129. The maximum Gasteiger partial charge on any atom is 0.220 e. The average Bonchev–Trinajstić information content (AvgIpc) is 3.32. The van der Waals surface area contributed by atoms with Crippen LogP contribution in [0.15, 0.2) is 42.5 Å². The third-order valence-corrected chi connectivity index (χ3v) is 5.91. The first-order valence-electron chi connectivity index (χ1n) is 10.5. The van der Waals surface area contributed by atoms with Crippen LogP contribution in [0, 0.1) is 13.8 Å². The van der Waals surface area contributed by atoms with E-state index in [2.05, 4.69) is 36.6 Å². The van der Waals surface area contributed by atoms with Crippen LogP contribution in [0.5, 0.6) is 5.75 Å². The van der Waals surface area contributed by atoms with Crippen LogP contribution >= 0.6 is 0 Å². The van der Waals surface area contributed by atoms with Crippen LogP contribution in [0.3, 0.4) is 0 Å². The van der Waals surface area contributed by atoms with Gasteiger partial charge in [-0.2, -0.15) is 0 Å². The number of benzene rings is 2. The predicted octanol–water partition coefficient (Wildman–Crippen LogP) is 4.81. The minimum Gasteiger partial charge on any atom is -0.494 e. The van der Waals surface area contributed by atoms with E-state index in [9.17, 15) is 4.79 Å². The number of amides is 1. The molecule has 1 saturated heterocycles. The van der Waals surface area contributed by atoms with Gasteiger partial charge in [0.15, 0.2) is 0 Å². The topological polar surface area (TPSA) is 47.4 Å². The van der Waals surface area contributed by atoms with Gasteiger partial charge in [-0.25, -0.2) is 4.98 Å². The second-order valence-corrected chi connectivity index (χ2v) is 7.93. The lowest BCUT2D eigenvalue weighted by atomic mass is 10.1. The van der Waals surface area contributed by atoms with Gasteiger partial charge in [0.2, 0.25) is 5.91 Å². The van der Waals surface area contributed by atoms with E-state index in [1.54, 1.807) is 6.92 Å². The van der Waals surface area contributed by atoms with Gasteiger partial charge >= 0.3 is 0 Å². The minimum atomic E-state index is 0.0700. The lowest BCUT2D eigenvalue weighted by Crippen LogP contribution is -2.30. The highest BCUT2D eigenvalue weighted by molar-refractivity contribution is 5.77. The molecule has 152 valence electrons. The molecule has 29 heavy (non-hydrogen) atoms. The molecule has 0 unspecified atom stereocenters. The summed E-state index contributed by atoms with van der Waals surface area (Å²) in [6.45, 7) is 8.16. The largest absolute Gasteiger partial charge is 0.494 e. The highest BCUT2D eigenvalue weighted by atomic mass is 16.5. The average molecular weight is 392 g/mol. The maximum atomic E-state index is 12.1. The maximum absolute atomic E-state index is 12.1. The lowest BCUT2D eigenvalue weighted by Gasteiger charge is -2.24. The number of hydrogen-bond donors (Lipinski definition) is 0. The number of aromatic nitrogens is 2. The molecule has 1 aliphatic rings. The van der Waals surface area contributed by atoms with E-state index >= 15 is 0 Å². The van der Waals surface area contributed by atoms with Crippen LogP contribution in [0.1, 0.15) is 49.2 Å². The Hall–Kier alpha value is -2.82. The Morgan fingerprint density at radius 1 is 1.17 bits per heavy atom. The third-order valence-electron chi connectivity index (χ3n) is 5.91. The molecule has 1 fully saturated rings. The molecule has 0 saturated carbocycles. The van der Waals surface area contributed by atoms with Gasteiger partial charge in [-0.1, -0.05) is 18.2 Å². The summed E-state index contributed by atoms with van der Waals surface area (Å²) in [5.74, 6) is 2.05. The summed E-state index contributed by atoms with van der Waals surface area (Å²) in [5, 5.41) is 0. The number of aryl methyl sites for hydroxylation is 3. The zero-order chi connectivity index (χ0) is 20.4. The molecule has 0 N–H and O–H groups in total. The Kier molecular flexibility index (Phi) is 5.56. The monoisotopic (exact) mass is 391 g/mol. The van der Waals surface area contributed by atoms with Gasteiger partial charge in [-0.05, 0) is 68.5 Å². The molecule has 4 rings (SSSR count). The first-order valence-corrected chi connectivity index (χ1v) is 10.5. The molecular formula is C24H29N3O2. The molecule has 0 bridgehead atoms. The predicted molar refractivity (Wildman–Crippen MR) is 115 cm³/mol. The molecule has 2 heterocycles. The van der Waals surface area contributed by atoms with Crippen molar-refractivity contribution in [3.8, 4) is 5.75 Å². The van der Waals surface area contributed by atoms with Crippen molar-refractivity contribution in [3.05, 3.63) is 59.4 Å². The molecule has 3 aromatic rings. The van der Waals surface area contributed by atoms with Gasteiger partial charge in [-0.3, -0.25) is 4.79 Å². The summed E-state index contributed by atoms with van der Waals surface area (Å²) >= 11 is 0. The molecule has 1 atom stereocenters. The van der Waals surface area contributed by atoms with Crippen molar-refractivity contribution in [3.63, 3.8) is 0 Å². The van der Waals surface area contributed by atoms with Crippen LogP contribution in [-0.4, -0.2) is 33.5 Å². The summed E-state index contributed by atoms with van der Waals surface area (Å²) in [7, 11) is 0. The van der Waals surface area contributed by atoms with Crippen LogP contribution in [0.25, 0.3) is 11.0 Å². The fraction of sp³-hybridized carbons (Fsp3) is 0.417. The zero-order valence-electron chi connectivity index (χ0n) is 17.5. The fourth-order valence-electron chi connectivity index (χ4n) is 4.21. The van der Waals surface area contributed by atoms with Crippen LogP contribution in [0.2, 0.25) is 0 Å².